The standard InChI is InChI=1S/C21H22BrN3O5/c1-2-30-21(29)25-11-9-24(10-12-25)16-7-8-18(17(13-16)20(27)28)23-19(26)14-3-5-15(22)6-4-14/h3-8,13H,2,9-12H2,1H3,(H,23,26)(H,27,28). The van der Waals surface area contributed by atoms with E-state index in [9.17, 15) is 19.5 Å². The Labute approximate surface area is 182 Å². The van der Waals surface area contributed by atoms with Gasteiger partial charge in [-0.15, -0.1) is 0 Å². The van der Waals surface area contributed by atoms with Crippen molar-refractivity contribution in [2.75, 3.05) is 43.0 Å². The van der Waals surface area contributed by atoms with Gasteiger partial charge in [0.2, 0.25) is 0 Å². The lowest BCUT2D eigenvalue weighted by atomic mass is 10.1. The van der Waals surface area contributed by atoms with Crippen molar-refractivity contribution in [2.24, 2.45) is 0 Å². The van der Waals surface area contributed by atoms with Crippen LogP contribution in [-0.2, 0) is 4.74 Å². The Morgan fingerprint density at radius 2 is 1.73 bits per heavy atom. The molecule has 0 saturated carbocycles. The smallest absolute Gasteiger partial charge is 0.409 e. The number of hydrogen-bond donors (Lipinski definition) is 2. The summed E-state index contributed by atoms with van der Waals surface area (Å²) < 4.78 is 5.86. The number of rotatable bonds is 5. The largest absolute Gasteiger partial charge is 0.478 e. The van der Waals surface area contributed by atoms with Gasteiger partial charge < -0.3 is 25.0 Å². The van der Waals surface area contributed by atoms with Crippen molar-refractivity contribution in [3.05, 3.63) is 58.1 Å². The molecule has 1 aliphatic heterocycles. The lowest BCUT2D eigenvalue weighted by Gasteiger charge is -2.35. The normalized spacial score (nSPS) is 13.7. The predicted octanol–water partition coefficient (Wildman–Crippen LogP) is 3.68. The van der Waals surface area contributed by atoms with Gasteiger partial charge in [-0.05, 0) is 49.4 Å². The van der Waals surface area contributed by atoms with Gasteiger partial charge in [0.05, 0.1) is 17.9 Å². The summed E-state index contributed by atoms with van der Waals surface area (Å²) in [5, 5.41) is 12.3. The minimum absolute atomic E-state index is 0.00536. The second kappa shape index (κ2) is 9.62. The summed E-state index contributed by atoms with van der Waals surface area (Å²) in [7, 11) is 0. The molecule has 158 valence electrons. The number of halogens is 1. The number of carbonyl (C=O) groups is 3. The minimum atomic E-state index is -1.13. The summed E-state index contributed by atoms with van der Waals surface area (Å²) in [6, 6.07) is 11.7. The van der Waals surface area contributed by atoms with E-state index in [1.165, 1.54) is 0 Å². The van der Waals surface area contributed by atoms with Gasteiger partial charge in [-0.25, -0.2) is 9.59 Å². The molecule has 0 unspecified atom stereocenters. The van der Waals surface area contributed by atoms with Crippen molar-refractivity contribution in [2.45, 2.75) is 6.92 Å². The number of piperazine rings is 1. The highest BCUT2D eigenvalue weighted by Gasteiger charge is 2.23. The first kappa shape index (κ1) is 21.6. The van der Waals surface area contributed by atoms with Crippen LogP contribution >= 0.6 is 15.9 Å². The molecule has 0 aliphatic carbocycles. The molecule has 30 heavy (non-hydrogen) atoms. The van der Waals surface area contributed by atoms with Gasteiger partial charge in [-0.2, -0.15) is 0 Å². The number of ether oxygens (including phenoxy) is 1. The summed E-state index contributed by atoms with van der Waals surface area (Å²) >= 11 is 3.31. The van der Waals surface area contributed by atoms with Crippen LogP contribution in [0.5, 0.6) is 0 Å². The molecule has 0 spiro atoms. The lowest BCUT2D eigenvalue weighted by molar-refractivity contribution is 0.0698. The summed E-state index contributed by atoms with van der Waals surface area (Å²) in [5.74, 6) is -1.52. The quantitative estimate of drug-likeness (QED) is 0.684. The maximum absolute atomic E-state index is 12.5. The van der Waals surface area contributed by atoms with Crippen molar-refractivity contribution in [3.8, 4) is 0 Å². The fourth-order valence-electron chi connectivity index (χ4n) is 3.17. The van der Waals surface area contributed by atoms with Gasteiger partial charge in [-0.1, -0.05) is 15.9 Å². The first-order valence-electron chi connectivity index (χ1n) is 9.50. The Morgan fingerprint density at radius 3 is 2.33 bits per heavy atom. The molecular formula is C21H22BrN3O5. The van der Waals surface area contributed by atoms with Crippen LogP contribution in [0.2, 0.25) is 0 Å². The van der Waals surface area contributed by atoms with Crippen LogP contribution in [-0.4, -0.2) is 60.8 Å². The fourth-order valence-corrected chi connectivity index (χ4v) is 3.44. The molecule has 2 aromatic rings. The fraction of sp³-hybridized carbons (Fsp3) is 0.286. The average molecular weight is 476 g/mol. The van der Waals surface area contributed by atoms with E-state index >= 15 is 0 Å². The van der Waals surface area contributed by atoms with E-state index in [1.54, 1.807) is 54.3 Å². The molecule has 0 radical (unpaired) electrons. The molecule has 0 aromatic heterocycles. The predicted molar refractivity (Wildman–Crippen MR) is 116 cm³/mol. The topological polar surface area (TPSA) is 99.2 Å². The van der Waals surface area contributed by atoms with E-state index in [-0.39, 0.29) is 23.3 Å². The van der Waals surface area contributed by atoms with Gasteiger partial charge in [-0.3, -0.25) is 4.79 Å². The second-order valence-electron chi connectivity index (χ2n) is 6.67. The molecule has 0 bridgehead atoms. The third-order valence-corrected chi connectivity index (χ3v) is 5.29. The number of amides is 2. The second-order valence-corrected chi connectivity index (χ2v) is 7.58. The van der Waals surface area contributed by atoms with Gasteiger partial charge in [0.25, 0.3) is 5.91 Å². The highest BCUT2D eigenvalue weighted by molar-refractivity contribution is 9.10. The van der Waals surface area contributed by atoms with Crippen LogP contribution in [0.25, 0.3) is 0 Å². The highest BCUT2D eigenvalue weighted by atomic mass is 79.9. The molecule has 8 nitrogen and oxygen atoms in total. The molecule has 1 heterocycles. The van der Waals surface area contributed by atoms with Gasteiger partial charge in [0, 0.05) is 41.9 Å². The molecule has 2 aromatic carbocycles. The van der Waals surface area contributed by atoms with Crippen LogP contribution in [0.1, 0.15) is 27.6 Å². The molecule has 0 atom stereocenters. The number of nitrogens with zero attached hydrogens (tertiary/aromatic N) is 2. The van der Waals surface area contributed by atoms with Gasteiger partial charge >= 0.3 is 12.1 Å². The zero-order valence-corrected chi connectivity index (χ0v) is 18.0. The van der Waals surface area contributed by atoms with Crippen LogP contribution in [0.3, 0.4) is 0 Å². The minimum Gasteiger partial charge on any atom is -0.478 e. The molecule has 3 rings (SSSR count). The van der Waals surface area contributed by atoms with Crippen LogP contribution in [0, 0.1) is 0 Å². The maximum atomic E-state index is 12.5. The Hall–Kier alpha value is -3.07. The Kier molecular flexibility index (Phi) is 6.94. The van der Waals surface area contributed by atoms with E-state index in [4.69, 9.17) is 4.74 Å². The van der Waals surface area contributed by atoms with Crippen molar-refractivity contribution in [1.82, 2.24) is 4.90 Å². The third-order valence-electron chi connectivity index (χ3n) is 4.76. The Balaban J connectivity index is 1.73. The summed E-state index contributed by atoms with van der Waals surface area (Å²) in [6.45, 7) is 4.19. The number of nitrogens with one attached hydrogen (secondary N) is 1. The van der Waals surface area contributed by atoms with E-state index in [1.807, 2.05) is 4.90 Å². The lowest BCUT2D eigenvalue weighted by Crippen LogP contribution is -2.49. The number of carboxylic acid groups (broad SMARTS) is 1. The van der Waals surface area contributed by atoms with Gasteiger partial charge in [0.1, 0.15) is 0 Å². The molecule has 2 amide bonds. The van der Waals surface area contributed by atoms with Crippen LogP contribution in [0.15, 0.2) is 46.9 Å². The molecule has 9 heteroatoms. The molecule has 2 N–H and O–H groups in total. The summed E-state index contributed by atoms with van der Waals surface area (Å²) in [5.41, 5.74) is 1.38. The third kappa shape index (κ3) is 5.10. The monoisotopic (exact) mass is 475 g/mol. The van der Waals surface area contributed by atoms with Crippen molar-refractivity contribution in [3.63, 3.8) is 0 Å². The zero-order valence-electron chi connectivity index (χ0n) is 16.4. The zero-order chi connectivity index (χ0) is 21.7. The maximum Gasteiger partial charge on any atom is 0.409 e. The molecular weight excluding hydrogens is 454 g/mol. The van der Waals surface area contributed by atoms with Crippen molar-refractivity contribution in [1.29, 1.82) is 0 Å². The molecule has 1 fully saturated rings. The summed E-state index contributed by atoms with van der Waals surface area (Å²) in [6.07, 6.45) is -0.339. The number of benzene rings is 2. The molecule has 1 aliphatic rings. The Bertz CT molecular complexity index is 940. The number of carboxylic acids is 1. The Morgan fingerprint density at radius 1 is 1.07 bits per heavy atom. The first-order valence-corrected chi connectivity index (χ1v) is 10.3. The van der Waals surface area contributed by atoms with Crippen LogP contribution in [0.4, 0.5) is 16.2 Å². The van der Waals surface area contributed by atoms with E-state index in [0.717, 1.165) is 10.2 Å². The molecule has 1 saturated heterocycles. The van der Waals surface area contributed by atoms with Crippen molar-refractivity contribution < 1.29 is 24.2 Å². The SMILES string of the molecule is CCOC(=O)N1CCN(c2ccc(NC(=O)c3ccc(Br)cc3)c(C(=O)O)c2)CC1. The average Bonchev–Trinajstić information content (AvgIpc) is 2.74. The number of aromatic carboxylic acids is 1. The number of hydrogen-bond acceptors (Lipinski definition) is 5. The first-order chi connectivity index (χ1) is 14.4. The summed E-state index contributed by atoms with van der Waals surface area (Å²) in [4.78, 5) is 39.7. The van der Waals surface area contributed by atoms with E-state index in [2.05, 4.69) is 21.2 Å². The van der Waals surface area contributed by atoms with Crippen LogP contribution < -0.4 is 10.2 Å². The van der Waals surface area contributed by atoms with E-state index in [0.29, 0.717) is 38.3 Å². The number of anilines is 2. The highest BCUT2D eigenvalue weighted by Crippen LogP contribution is 2.25. The number of carbonyl (C=O) groups excluding carboxylic acids is 2. The van der Waals surface area contributed by atoms with E-state index < -0.39 is 5.97 Å². The van der Waals surface area contributed by atoms with Crippen molar-refractivity contribution >= 4 is 45.3 Å². The van der Waals surface area contributed by atoms with Gasteiger partial charge in [0.15, 0.2) is 0 Å².